The summed E-state index contributed by atoms with van der Waals surface area (Å²) in [5.41, 5.74) is 1.84. The van der Waals surface area contributed by atoms with Gasteiger partial charge in [0, 0.05) is 5.69 Å². The molecule has 1 N–H and O–H groups in total. The van der Waals surface area contributed by atoms with E-state index < -0.39 is 10.7 Å². The molecule has 0 spiro atoms. The highest BCUT2D eigenvalue weighted by molar-refractivity contribution is 6.54. The van der Waals surface area contributed by atoms with Gasteiger partial charge in [-0.15, -0.1) is 0 Å². The molecular weight excluding hydrogens is 233 g/mol. The molecule has 1 aromatic rings. The summed E-state index contributed by atoms with van der Waals surface area (Å²) in [5.74, 6) is -0.0583. The minimum Gasteiger partial charge on any atom is -0.323 e. The highest BCUT2D eigenvalue weighted by Crippen LogP contribution is 2.24. The molecule has 82 valence electrons. The van der Waals surface area contributed by atoms with Gasteiger partial charge in [0.2, 0.25) is 0 Å². The molecule has 1 aromatic carbocycles. The van der Waals surface area contributed by atoms with E-state index in [4.69, 9.17) is 23.2 Å². The summed E-state index contributed by atoms with van der Waals surface area (Å²) in [6, 6.07) is 7.60. The number of benzene rings is 1. The predicted molar refractivity (Wildman–Crippen MR) is 64.7 cm³/mol. The van der Waals surface area contributed by atoms with Crippen LogP contribution >= 0.6 is 23.2 Å². The maximum atomic E-state index is 11.3. The summed E-state index contributed by atoms with van der Waals surface area (Å²) < 4.78 is 0. The molecule has 1 amide bonds. The zero-order chi connectivity index (χ0) is 11.4. The average molecular weight is 246 g/mol. The molecule has 0 saturated heterocycles. The SMILES string of the molecule is CC(C)c1ccccc1NC(=O)C(Cl)Cl. The largest absolute Gasteiger partial charge is 0.323 e. The van der Waals surface area contributed by atoms with E-state index in [0.29, 0.717) is 5.92 Å². The summed E-state index contributed by atoms with van der Waals surface area (Å²) in [7, 11) is 0. The Balaban J connectivity index is 2.89. The van der Waals surface area contributed by atoms with Crippen molar-refractivity contribution in [1.29, 1.82) is 0 Å². The first kappa shape index (κ1) is 12.3. The number of alkyl halides is 2. The number of rotatable bonds is 3. The van der Waals surface area contributed by atoms with Crippen LogP contribution in [0.4, 0.5) is 5.69 Å². The first-order valence-corrected chi connectivity index (χ1v) is 5.57. The molecule has 15 heavy (non-hydrogen) atoms. The fraction of sp³-hybridized carbons (Fsp3) is 0.364. The molecule has 1 rings (SSSR count). The van der Waals surface area contributed by atoms with E-state index in [1.165, 1.54) is 0 Å². The van der Waals surface area contributed by atoms with Crippen molar-refractivity contribution in [2.75, 3.05) is 5.32 Å². The van der Waals surface area contributed by atoms with Gasteiger partial charge >= 0.3 is 0 Å². The fourth-order valence-corrected chi connectivity index (χ4v) is 1.41. The number of carbonyl (C=O) groups excluding carboxylic acids is 1. The Morgan fingerprint density at radius 2 is 1.87 bits per heavy atom. The number of amides is 1. The highest BCUT2D eigenvalue weighted by atomic mass is 35.5. The van der Waals surface area contributed by atoms with E-state index in [9.17, 15) is 4.79 Å². The third-order valence-electron chi connectivity index (χ3n) is 2.04. The number of anilines is 1. The Kier molecular flexibility index (Phi) is 4.43. The number of para-hydroxylation sites is 1. The van der Waals surface area contributed by atoms with Crippen molar-refractivity contribution in [1.82, 2.24) is 0 Å². The molecule has 0 aromatic heterocycles. The van der Waals surface area contributed by atoms with Gasteiger partial charge in [0.25, 0.3) is 5.91 Å². The molecular formula is C11H13Cl2NO. The van der Waals surface area contributed by atoms with Crippen molar-refractivity contribution in [2.45, 2.75) is 24.6 Å². The Morgan fingerprint density at radius 3 is 2.40 bits per heavy atom. The summed E-state index contributed by atoms with van der Waals surface area (Å²) in [6.07, 6.45) is 0. The van der Waals surface area contributed by atoms with Gasteiger partial charge in [-0.3, -0.25) is 4.79 Å². The lowest BCUT2D eigenvalue weighted by atomic mass is 10.0. The molecule has 0 radical (unpaired) electrons. The predicted octanol–water partition coefficient (Wildman–Crippen LogP) is 3.55. The summed E-state index contributed by atoms with van der Waals surface area (Å²) in [6.45, 7) is 4.12. The normalized spacial score (nSPS) is 10.8. The molecule has 4 heteroatoms. The van der Waals surface area contributed by atoms with Gasteiger partial charge in [0.1, 0.15) is 0 Å². The van der Waals surface area contributed by atoms with E-state index in [-0.39, 0.29) is 0 Å². The number of halogens is 2. The van der Waals surface area contributed by atoms with Gasteiger partial charge in [0.15, 0.2) is 4.84 Å². The third-order valence-corrected chi connectivity index (χ3v) is 2.44. The zero-order valence-corrected chi connectivity index (χ0v) is 10.1. The van der Waals surface area contributed by atoms with Crippen LogP contribution in [-0.2, 0) is 4.79 Å². The van der Waals surface area contributed by atoms with Crippen LogP contribution in [0.1, 0.15) is 25.3 Å². The van der Waals surface area contributed by atoms with Crippen LogP contribution in [0.25, 0.3) is 0 Å². The van der Waals surface area contributed by atoms with Crippen LogP contribution in [0.15, 0.2) is 24.3 Å². The Hall–Kier alpha value is -0.730. The molecule has 0 bridgehead atoms. The number of carbonyl (C=O) groups is 1. The first-order chi connectivity index (χ1) is 7.02. The van der Waals surface area contributed by atoms with E-state index in [1.807, 2.05) is 24.3 Å². The molecule has 0 fully saturated rings. The second-order valence-corrected chi connectivity index (χ2v) is 4.63. The van der Waals surface area contributed by atoms with Crippen molar-refractivity contribution >= 4 is 34.8 Å². The van der Waals surface area contributed by atoms with Crippen LogP contribution in [0.3, 0.4) is 0 Å². The number of hydrogen-bond acceptors (Lipinski definition) is 1. The molecule has 2 nitrogen and oxygen atoms in total. The van der Waals surface area contributed by atoms with Crippen LogP contribution in [0.2, 0.25) is 0 Å². The third kappa shape index (κ3) is 3.40. The van der Waals surface area contributed by atoms with Gasteiger partial charge in [-0.25, -0.2) is 0 Å². The maximum absolute atomic E-state index is 11.3. The van der Waals surface area contributed by atoms with Crippen molar-refractivity contribution in [3.05, 3.63) is 29.8 Å². The summed E-state index contributed by atoms with van der Waals surface area (Å²) in [4.78, 5) is 10.3. The fourth-order valence-electron chi connectivity index (χ4n) is 1.30. The molecule has 0 heterocycles. The maximum Gasteiger partial charge on any atom is 0.257 e. The molecule has 0 unspecified atom stereocenters. The second kappa shape index (κ2) is 5.38. The lowest BCUT2D eigenvalue weighted by molar-refractivity contribution is -0.114. The van der Waals surface area contributed by atoms with Crippen molar-refractivity contribution in [2.24, 2.45) is 0 Å². The van der Waals surface area contributed by atoms with Crippen molar-refractivity contribution < 1.29 is 4.79 Å². The van der Waals surface area contributed by atoms with Crippen LogP contribution in [0, 0.1) is 0 Å². The van der Waals surface area contributed by atoms with Crippen molar-refractivity contribution in [3.63, 3.8) is 0 Å². The van der Waals surface area contributed by atoms with Gasteiger partial charge < -0.3 is 5.32 Å². The minimum absolute atomic E-state index is 0.339. The Morgan fingerprint density at radius 1 is 1.27 bits per heavy atom. The first-order valence-electron chi connectivity index (χ1n) is 4.70. The molecule has 0 saturated carbocycles. The molecule has 0 aliphatic heterocycles. The molecule has 0 aliphatic rings. The Bertz CT molecular complexity index is 350. The lowest BCUT2D eigenvalue weighted by Gasteiger charge is -2.13. The lowest BCUT2D eigenvalue weighted by Crippen LogP contribution is -2.19. The zero-order valence-electron chi connectivity index (χ0n) is 8.63. The topological polar surface area (TPSA) is 29.1 Å². The van der Waals surface area contributed by atoms with E-state index in [1.54, 1.807) is 0 Å². The van der Waals surface area contributed by atoms with Crippen LogP contribution < -0.4 is 5.32 Å². The van der Waals surface area contributed by atoms with E-state index in [2.05, 4.69) is 19.2 Å². The molecule has 0 atom stereocenters. The Labute approximate surface area is 99.6 Å². The number of hydrogen-bond donors (Lipinski definition) is 1. The monoisotopic (exact) mass is 245 g/mol. The van der Waals surface area contributed by atoms with Gasteiger partial charge in [-0.05, 0) is 17.5 Å². The van der Waals surface area contributed by atoms with E-state index >= 15 is 0 Å². The van der Waals surface area contributed by atoms with E-state index in [0.717, 1.165) is 11.3 Å². The summed E-state index contributed by atoms with van der Waals surface area (Å²) in [5, 5.41) is 2.69. The highest BCUT2D eigenvalue weighted by Gasteiger charge is 2.14. The van der Waals surface area contributed by atoms with Gasteiger partial charge in [-0.2, -0.15) is 0 Å². The number of nitrogens with one attached hydrogen (secondary N) is 1. The quantitative estimate of drug-likeness (QED) is 0.812. The second-order valence-electron chi connectivity index (χ2n) is 3.53. The average Bonchev–Trinajstić information content (AvgIpc) is 2.18. The smallest absolute Gasteiger partial charge is 0.257 e. The van der Waals surface area contributed by atoms with Gasteiger partial charge in [-0.1, -0.05) is 55.2 Å². The standard InChI is InChI=1S/C11H13Cl2NO/c1-7(2)8-5-3-4-6-9(8)14-11(15)10(12)13/h3-7,10H,1-2H3,(H,14,15). The van der Waals surface area contributed by atoms with Crippen molar-refractivity contribution in [3.8, 4) is 0 Å². The van der Waals surface area contributed by atoms with Crippen LogP contribution in [0.5, 0.6) is 0 Å². The van der Waals surface area contributed by atoms with Gasteiger partial charge in [0.05, 0.1) is 0 Å². The van der Waals surface area contributed by atoms with Crippen LogP contribution in [-0.4, -0.2) is 10.7 Å². The summed E-state index contributed by atoms with van der Waals surface area (Å²) >= 11 is 10.9. The molecule has 0 aliphatic carbocycles. The minimum atomic E-state index is -1.04.